The highest BCUT2D eigenvalue weighted by Gasteiger charge is 2.68. The van der Waals surface area contributed by atoms with E-state index in [0.29, 0.717) is 12.3 Å². The van der Waals surface area contributed by atoms with Crippen LogP contribution in [0, 0.1) is 34.5 Å². The van der Waals surface area contributed by atoms with Crippen molar-refractivity contribution in [2.24, 2.45) is 34.5 Å². The summed E-state index contributed by atoms with van der Waals surface area (Å²) in [6.45, 7) is 4.90. The predicted octanol–water partition coefficient (Wildman–Crippen LogP) is 1.89. The van der Waals surface area contributed by atoms with Gasteiger partial charge in [0.2, 0.25) is 5.91 Å². The van der Waals surface area contributed by atoms with Crippen LogP contribution in [0.15, 0.2) is 0 Å². The minimum atomic E-state index is -1.58. The lowest BCUT2D eigenvalue weighted by atomic mass is 9.44. The molecule has 0 bridgehead atoms. The van der Waals surface area contributed by atoms with Gasteiger partial charge in [-0.15, -0.1) is 0 Å². The molecular formula is C25H41NO7. The fraction of sp³-hybridized carbons (Fsp3) is 0.880. The van der Waals surface area contributed by atoms with E-state index < -0.39 is 23.4 Å². The lowest BCUT2D eigenvalue weighted by Crippen LogP contribution is -2.62. The predicted molar refractivity (Wildman–Crippen MR) is 121 cm³/mol. The molecule has 0 heterocycles. The fourth-order valence-corrected chi connectivity index (χ4v) is 7.77. The average molecular weight is 468 g/mol. The Kier molecular flexibility index (Phi) is 7.45. The molecule has 4 rings (SSSR count). The number of carbonyl (C=O) groups is 3. The lowest BCUT2D eigenvalue weighted by Gasteiger charge is -2.60. The second kappa shape index (κ2) is 9.36. The molecule has 1 amide bonds. The van der Waals surface area contributed by atoms with Crippen LogP contribution in [-0.2, 0) is 19.2 Å². The van der Waals surface area contributed by atoms with Crippen LogP contribution in [0.5, 0.6) is 0 Å². The highest BCUT2D eigenvalue weighted by atomic mass is 16.7. The number of hydrogen-bond donors (Lipinski definition) is 3. The van der Waals surface area contributed by atoms with Gasteiger partial charge in [0.05, 0.1) is 13.2 Å². The van der Waals surface area contributed by atoms with Crippen LogP contribution in [0.3, 0.4) is 0 Å². The molecule has 8 atom stereocenters. The Hall–Kier alpha value is -1.35. The Labute approximate surface area is 196 Å². The Morgan fingerprint density at radius 2 is 1.82 bits per heavy atom. The molecule has 0 spiro atoms. The lowest BCUT2D eigenvalue weighted by molar-refractivity contribution is -0.180. The van der Waals surface area contributed by atoms with Crippen molar-refractivity contribution < 1.29 is 34.5 Å². The summed E-state index contributed by atoms with van der Waals surface area (Å²) in [7, 11) is 3.00. The molecule has 4 aliphatic carbocycles. The molecule has 0 aliphatic heterocycles. The molecule has 33 heavy (non-hydrogen) atoms. The first-order valence-corrected chi connectivity index (χ1v) is 12.2. The van der Waals surface area contributed by atoms with Crippen LogP contribution in [0.2, 0.25) is 0 Å². The second-order valence-corrected chi connectivity index (χ2v) is 11.2. The molecule has 0 saturated heterocycles. The van der Waals surface area contributed by atoms with Crippen molar-refractivity contribution in [1.29, 1.82) is 0 Å². The summed E-state index contributed by atoms with van der Waals surface area (Å²) in [5, 5.41) is 31.8. The number of ketones is 2. The average Bonchev–Trinajstić information content (AvgIpc) is 3.04. The first-order valence-electron chi connectivity index (χ1n) is 12.2. The molecule has 188 valence electrons. The van der Waals surface area contributed by atoms with Gasteiger partial charge in [-0.2, -0.15) is 0 Å². The zero-order valence-corrected chi connectivity index (χ0v) is 20.7. The molecule has 0 unspecified atom stereocenters. The molecular weight excluding hydrogens is 426 g/mol. The van der Waals surface area contributed by atoms with Crippen molar-refractivity contribution in [2.45, 2.75) is 83.8 Å². The molecule has 0 aromatic rings. The summed E-state index contributed by atoms with van der Waals surface area (Å²) in [6.07, 6.45) is 5.47. The van der Waals surface area contributed by atoms with Gasteiger partial charge in [-0.3, -0.25) is 19.2 Å². The van der Waals surface area contributed by atoms with Gasteiger partial charge in [-0.1, -0.05) is 13.8 Å². The van der Waals surface area contributed by atoms with Gasteiger partial charge < -0.3 is 15.3 Å². The van der Waals surface area contributed by atoms with Gasteiger partial charge in [0, 0.05) is 31.7 Å². The highest BCUT2D eigenvalue weighted by molar-refractivity contribution is 5.92. The van der Waals surface area contributed by atoms with E-state index in [-0.39, 0.29) is 47.4 Å². The number of hydrogen-bond acceptors (Lipinski definition) is 7. The van der Waals surface area contributed by atoms with Gasteiger partial charge in [-0.25, -0.2) is 5.06 Å². The molecule has 8 heteroatoms. The minimum absolute atomic E-state index is 0.0154. The first-order chi connectivity index (χ1) is 15.4. The molecule has 0 radical (unpaired) electrons. The van der Waals surface area contributed by atoms with Crippen LogP contribution in [0.25, 0.3) is 0 Å². The normalized spacial score (nSPS) is 44.0. The Morgan fingerprint density at radius 1 is 1.15 bits per heavy atom. The number of aliphatic hydroxyl groups is 3. The maximum atomic E-state index is 13.4. The maximum absolute atomic E-state index is 13.4. The monoisotopic (exact) mass is 467 g/mol. The number of aliphatic hydroxyl groups excluding tert-OH is 2. The number of hydroxylamine groups is 2. The van der Waals surface area contributed by atoms with Crippen LogP contribution >= 0.6 is 0 Å². The first kappa shape index (κ1) is 26.3. The third kappa shape index (κ3) is 4.17. The van der Waals surface area contributed by atoms with E-state index in [1.54, 1.807) is 7.05 Å². The molecule has 0 aromatic heterocycles. The van der Waals surface area contributed by atoms with Gasteiger partial charge in [-0.05, 0) is 68.1 Å². The Morgan fingerprint density at radius 3 is 2.36 bits per heavy atom. The van der Waals surface area contributed by atoms with Crippen LogP contribution in [-0.4, -0.2) is 70.3 Å². The third-order valence-corrected chi connectivity index (χ3v) is 9.80. The third-order valence-electron chi connectivity index (χ3n) is 9.80. The summed E-state index contributed by atoms with van der Waals surface area (Å²) in [4.78, 5) is 40.4. The second-order valence-electron chi connectivity index (χ2n) is 11.2. The van der Waals surface area contributed by atoms with Crippen LogP contribution in [0.1, 0.15) is 72.1 Å². The molecule has 4 aliphatic rings. The van der Waals surface area contributed by atoms with E-state index >= 15 is 0 Å². The summed E-state index contributed by atoms with van der Waals surface area (Å²) in [5.74, 6) is 0.285. The minimum Gasteiger partial charge on any atom is -0.393 e. The standard InChI is InChI=1S/C21H32O5.C4H9NO2/c1-19-7-5-13(23)9-12(19)3-4-14-15-6-8-21(26,17(25)11-22)20(15,2)10-16(24)18(14)19;1-4(6)5(2)7-3/h12-15,18,22-23,26H,3-11H2,1-2H3;1-3H3/t12-,13-,14+,15+,18-,19+,20+,21+;/m1./s1. The van der Waals surface area contributed by atoms with Crippen molar-refractivity contribution in [3.05, 3.63) is 0 Å². The fourth-order valence-electron chi connectivity index (χ4n) is 7.77. The van der Waals surface area contributed by atoms with E-state index in [2.05, 4.69) is 11.8 Å². The van der Waals surface area contributed by atoms with Crippen LogP contribution in [0.4, 0.5) is 0 Å². The molecule has 3 N–H and O–H groups in total. The largest absolute Gasteiger partial charge is 0.393 e. The van der Waals surface area contributed by atoms with E-state index in [1.165, 1.54) is 14.0 Å². The SMILES string of the molecule is CON(C)C(C)=O.C[C@]12CC[C@@H](O)C[C@H]1CC[C@@H]1[C@@H]2C(=O)C[C@@]2(C)[C@H]1CC[C@]2(O)C(=O)CO. The summed E-state index contributed by atoms with van der Waals surface area (Å²) in [5.41, 5.74) is -2.40. The van der Waals surface area contributed by atoms with Gasteiger partial charge in [0.25, 0.3) is 0 Å². The number of nitrogens with zero attached hydrogens (tertiary/aromatic N) is 1. The summed E-state index contributed by atoms with van der Waals surface area (Å²) < 4.78 is 0. The maximum Gasteiger partial charge on any atom is 0.242 e. The Bertz CT molecular complexity index is 787. The summed E-state index contributed by atoms with van der Waals surface area (Å²) in [6, 6.07) is 0. The van der Waals surface area contributed by atoms with Crippen molar-refractivity contribution in [3.8, 4) is 0 Å². The zero-order chi connectivity index (χ0) is 24.8. The number of Topliss-reactive ketones (excluding diaryl/α,β-unsaturated/α-hetero) is 2. The number of rotatable bonds is 3. The van der Waals surface area contributed by atoms with Gasteiger partial charge in [0.1, 0.15) is 18.0 Å². The van der Waals surface area contributed by atoms with E-state index in [0.717, 1.165) is 43.6 Å². The van der Waals surface area contributed by atoms with Crippen molar-refractivity contribution in [2.75, 3.05) is 20.8 Å². The smallest absolute Gasteiger partial charge is 0.242 e. The van der Waals surface area contributed by atoms with Crippen molar-refractivity contribution in [3.63, 3.8) is 0 Å². The summed E-state index contributed by atoms with van der Waals surface area (Å²) >= 11 is 0. The highest BCUT2D eigenvalue weighted by Crippen LogP contribution is 2.67. The number of carbonyl (C=O) groups excluding carboxylic acids is 3. The van der Waals surface area contributed by atoms with Crippen molar-refractivity contribution >= 4 is 17.5 Å². The molecule has 0 aromatic carbocycles. The van der Waals surface area contributed by atoms with E-state index in [1.807, 2.05) is 6.92 Å². The van der Waals surface area contributed by atoms with Crippen LogP contribution < -0.4 is 0 Å². The molecule has 4 fully saturated rings. The van der Waals surface area contributed by atoms with E-state index in [9.17, 15) is 29.7 Å². The van der Waals surface area contributed by atoms with Gasteiger partial charge >= 0.3 is 0 Å². The zero-order valence-electron chi connectivity index (χ0n) is 20.7. The number of fused-ring (bicyclic) bond motifs is 5. The van der Waals surface area contributed by atoms with E-state index in [4.69, 9.17) is 0 Å². The quantitative estimate of drug-likeness (QED) is 0.541. The van der Waals surface area contributed by atoms with Crippen molar-refractivity contribution in [1.82, 2.24) is 5.06 Å². The Balaban J connectivity index is 0.000000383. The topological polar surface area (TPSA) is 124 Å². The number of amides is 1. The van der Waals surface area contributed by atoms with Gasteiger partial charge in [0.15, 0.2) is 5.78 Å². The molecule has 4 saturated carbocycles. The molecule has 8 nitrogen and oxygen atoms in total.